The summed E-state index contributed by atoms with van der Waals surface area (Å²) in [6.45, 7) is 5.20. The molecule has 12 aromatic carbocycles. The average molecular weight is 1550 g/mol. The monoisotopic (exact) mass is 1550 g/mol. The number of aryl methyl sites for hydroxylation is 3. The minimum atomic E-state index is -1.29. The van der Waals surface area contributed by atoms with Gasteiger partial charge in [-0.1, -0.05) is 60.7 Å². The van der Waals surface area contributed by atoms with Crippen molar-refractivity contribution in [2.75, 3.05) is 37.7 Å². The number of rotatable bonds is 5. The van der Waals surface area contributed by atoms with E-state index < -0.39 is 34.7 Å². The zero-order valence-electron chi connectivity index (χ0n) is 59.8. The molecule has 0 heterocycles. The van der Waals surface area contributed by atoms with Gasteiger partial charge < -0.3 is 129 Å². The molecule has 0 saturated carbocycles. The number of nitrogens with one attached hydrogen (secondary N) is 5. The second-order valence-corrected chi connectivity index (χ2v) is 21.1. The Morgan fingerprint density at radius 1 is 0.309 bits per heavy atom. The highest BCUT2D eigenvalue weighted by atomic mass is 35.5. The van der Waals surface area contributed by atoms with Crippen molar-refractivity contribution in [2.45, 2.75) is 20.8 Å². The molecule has 0 aromatic heterocycles. The van der Waals surface area contributed by atoms with Crippen molar-refractivity contribution < 1.29 is 128 Å². The number of phenols is 20. The molecule has 32 nitrogen and oxygen atoms in total. The highest BCUT2D eigenvalue weighted by molar-refractivity contribution is 5.89. The van der Waals surface area contributed by atoms with E-state index in [0.29, 0.717) is 28.1 Å². The van der Waals surface area contributed by atoms with Gasteiger partial charge in [0, 0.05) is 24.1 Å². The first-order valence-electron chi connectivity index (χ1n) is 31.1. The molecule has 0 bridgehead atoms. The van der Waals surface area contributed by atoms with Crippen LogP contribution in [0.1, 0.15) is 27.0 Å². The summed E-state index contributed by atoms with van der Waals surface area (Å²) in [5, 5.41) is 213. The van der Waals surface area contributed by atoms with E-state index in [1.54, 1.807) is 148 Å². The molecule has 0 saturated heterocycles. The number of aromatic hydroxyl groups is 20. The van der Waals surface area contributed by atoms with E-state index in [4.69, 9.17) is 129 Å². The molecular formula is C77H92ClN7O25. The Balaban J connectivity index is 0. The molecule has 0 aliphatic heterocycles. The van der Waals surface area contributed by atoms with Gasteiger partial charge in [0.15, 0.2) is 74.7 Å². The van der Waals surface area contributed by atoms with E-state index in [1.165, 1.54) is 73.8 Å². The van der Waals surface area contributed by atoms with Crippen LogP contribution in [0.15, 0.2) is 243 Å². The van der Waals surface area contributed by atoms with E-state index in [2.05, 4.69) is 22.1 Å². The van der Waals surface area contributed by atoms with Crippen molar-refractivity contribution in [1.82, 2.24) is 16.3 Å². The molecule has 592 valence electrons. The van der Waals surface area contributed by atoms with Crippen LogP contribution in [0.25, 0.3) is 10.8 Å². The normalized spacial score (nSPS) is 9.15. The number of hydrogen-bond donors (Lipinski definition) is 31. The van der Waals surface area contributed by atoms with Crippen LogP contribution < -0.4 is 38.8 Å². The SMILES string of the molecule is CNNC.CNO.Cc1cc(O)c(C)cc1O.Cc1cc(O)c(O)c(O)c1.Cl.NO.Nc1ccc(O)cc1.O=C(O)c1cc(O)c(O)c(O)c1.ONc1ccccc1.Oc1cc2ccccc2cc1O.Oc1ccc(Nc2ccc(O)cc2)cc1.Oc1ccc(O)cc1.Oc1cccc(O)c1O.Oc1ccccc1O. The minimum absolute atomic E-state index is 0. The van der Waals surface area contributed by atoms with E-state index in [1.807, 2.05) is 62.0 Å². The number of carboxylic acid groups (broad SMARTS) is 1. The lowest BCUT2D eigenvalue weighted by Crippen LogP contribution is -2.21. The van der Waals surface area contributed by atoms with Gasteiger partial charge in [-0.25, -0.2) is 16.2 Å². The summed E-state index contributed by atoms with van der Waals surface area (Å²) in [5.41, 5.74) is 19.4. The number of aromatic carboxylic acids is 1. The van der Waals surface area contributed by atoms with Gasteiger partial charge in [-0.05, 0) is 244 Å². The van der Waals surface area contributed by atoms with Crippen molar-refractivity contribution in [3.63, 3.8) is 0 Å². The quantitative estimate of drug-likeness (QED) is 0.0329. The lowest BCUT2D eigenvalue weighted by atomic mass is 10.1. The fourth-order valence-corrected chi connectivity index (χ4v) is 7.15. The smallest absolute Gasteiger partial charge is 0.335 e. The standard InChI is InChI=1S/C12H11NO2.C10H8O2.C8H10O2.C7H6O5.C7H8O3.2C6H7NO.C6H6O3.2C6H6O2.C2H8N2.CH5NO.ClH.H3NO/c14-11-5-1-9(2-6-11)13-10-3-7-12(15)8-4-10;11-9-5-7-3-1-2-4-8(7)6-10(9)12;1-5-3-8(10)6(2)4-7(5)9;8-4-1-3(7(11)12)2-5(9)6(4)10;1-4-2-5(8)7(10)6(9)3-4;7-5-1-3-6(8)4-2-5;8-7-6-4-2-1-3-5-6;7-4-2-1-3-5(8)6(4)9;7-5-1-2-6(8)4-3-5;7-5-3-1-2-4-6(5)8;1-3-4-2;1-2-3;;1-2/h1-8,13-15H;1-6,11-12H;3-4,9-10H,1-2H3;1-2,8-10H,(H,11,12);2-3,8-10H,1H3;1-4,8H,7H2;1-5,7-8H;1-3,7-9H;2*1-4,7-8H;3-4H,1-2H3;2-3H,1H3;1H;2H,1H2. The summed E-state index contributed by atoms with van der Waals surface area (Å²) in [4.78, 5) is 10.3. The van der Waals surface area contributed by atoms with Gasteiger partial charge in [0.2, 0.25) is 0 Å². The van der Waals surface area contributed by atoms with Gasteiger partial charge >= 0.3 is 5.97 Å². The maximum Gasteiger partial charge on any atom is 0.335 e. The van der Waals surface area contributed by atoms with E-state index in [0.717, 1.165) is 34.3 Å². The number of benzene rings is 12. The molecule has 0 aliphatic rings. The fraction of sp³-hybridized carbons (Fsp3) is 0.0779. The maximum absolute atomic E-state index is 10.3. The van der Waals surface area contributed by atoms with Gasteiger partial charge in [0.1, 0.15) is 40.2 Å². The summed E-state index contributed by atoms with van der Waals surface area (Å²) in [7, 11) is 5.07. The van der Waals surface area contributed by atoms with Gasteiger partial charge in [0.05, 0.1) is 11.3 Å². The molecule has 0 aliphatic carbocycles. The lowest BCUT2D eigenvalue weighted by Gasteiger charge is -2.06. The number of hydrogen-bond acceptors (Lipinski definition) is 31. The Morgan fingerprint density at radius 3 is 0.873 bits per heavy atom. The van der Waals surface area contributed by atoms with Crippen LogP contribution in [-0.2, 0) is 0 Å². The summed E-state index contributed by atoms with van der Waals surface area (Å²) >= 11 is 0. The van der Waals surface area contributed by atoms with Gasteiger partial charge in [-0.15, -0.1) is 12.4 Å². The zero-order chi connectivity index (χ0) is 82.7. The van der Waals surface area contributed by atoms with Crippen molar-refractivity contribution in [2.24, 2.45) is 5.90 Å². The third kappa shape index (κ3) is 40.7. The van der Waals surface area contributed by atoms with Gasteiger partial charge in [-0.3, -0.25) is 21.5 Å². The van der Waals surface area contributed by atoms with E-state index in [9.17, 15) is 4.79 Å². The van der Waals surface area contributed by atoms with Crippen LogP contribution in [0.2, 0.25) is 0 Å². The van der Waals surface area contributed by atoms with Crippen LogP contribution in [-0.4, -0.2) is 150 Å². The van der Waals surface area contributed by atoms with Crippen molar-refractivity contribution in [3.05, 3.63) is 265 Å². The molecule has 0 amide bonds. The number of halogens is 1. The first-order valence-corrected chi connectivity index (χ1v) is 31.1. The van der Waals surface area contributed by atoms with Gasteiger partial charge in [-0.2, -0.15) is 0 Å². The number of hydrazine groups is 1. The first kappa shape index (κ1) is 97.8. The third-order valence-corrected chi connectivity index (χ3v) is 12.7. The highest BCUT2D eigenvalue weighted by Gasteiger charge is 2.12. The predicted octanol–water partition coefficient (Wildman–Crippen LogP) is 12.6. The topological polar surface area (TPSA) is 615 Å². The number of fused-ring (bicyclic) bond motifs is 1. The summed E-state index contributed by atoms with van der Waals surface area (Å²) in [5.74, 6) is -0.751. The number of hydroxylamine groups is 1. The molecule has 0 spiro atoms. The highest BCUT2D eigenvalue weighted by Crippen LogP contribution is 2.37. The van der Waals surface area contributed by atoms with Crippen LogP contribution >= 0.6 is 12.4 Å². The van der Waals surface area contributed by atoms with Crippen LogP contribution in [0, 0.1) is 20.8 Å². The second-order valence-electron chi connectivity index (χ2n) is 21.1. The Kier molecular flexibility index (Phi) is 48.4. The van der Waals surface area contributed by atoms with Crippen LogP contribution in [0.5, 0.6) is 115 Å². The predicted molar refractivity (Wildman–Crippen MR) is 418 cm³/mol. The largest absolute Gasteiger partial charge is 0.508 e. The number of carboxylic acids is 1. The van der Waals surface area contributed by atoms with Crippen molar-refractivity contribution in [1.29, 1.82) is 0 Å². The Hall–Kier alpha value is -14.2. The minimum Gasteiger partial charge on any atom is -0.508 e. The second kappa shape index (κ2) is 54.4. The molecule has 110 heavy (non-hydrogen) atoms. The summed E-state index contributed by atoms with van der Waals surface area (Å²) < 4.78 is 0. The van der Waals surface area contributed by atoms with Crippen molar-refractivity contribution >= 4 is 51.9 Å². The van der Waals surface area contributed by atoms with Crippen LogP contribution in [0.4, 0.5) is 22.7 Å². The van der Waals surface area contributed by atoms with Gasteiger partial charge in [0.25, 0.3) is 0 Å². The number of carbonyl (C=O) groups is 1. The maximum atomic E-state index is 10.3. The molecule has 12 rings (SSSR count). The number of nitrogens with two attached hydrogens (primary N) is 2. The number of phenolic OH excluding ortho intramolecular Hbond substituents is 20. The molecular weight excluding hydrogens is 1460 g/mol. The Labute approximate surface area is 637 Å². The molecule has 0 atom stereocenters. The zero-order valence-corrected chi connectivity index (χ0v) is 60.6. The third-order valence-electron chi connectivity index (χ3n) is 12.7. The number of nitrogen functional groups attached to an aromatic ring is 1. The number of para-hydroxylation sites is 4. The summed E-state index contributed by atoms with van der Waals surface area (Å²) in [6.07, 6.45) is 0. The molecule has 0 radical (unpaired) electrons. The molecule has 33 N–H and O–H groups in total. The molecule has 0 fully saturated rings. The fourth-order valence-electron chi connectivity index (χ4n) is 7.15. The van der Waals surface area contributed by atoms with Crippen molar-refractivity contribution in [3.8, 4) is 115 Å². The molecule has 12 aromatic rings. The average Bonchev–Trinajstić information content (AvgIpc) is 0.373. The van der Waals surface area contributed by atoms with E-state index >= 15 is 0 Å². The number of anilines is 4. The Morgan fingerprint density at radius 2 is 0.591 bits per heavy atom. The summed E-state index contributed by atoms with van der Waals surface area (Å²) in [6, 6.07) is 63.1. The molecule has 0 unspecified atom stereocenters. The van der Waals surface area contributed by atoms with Crippen LogP contribution in [0.3, 0.4) is 0 Å². The Bertz CT molecular complexity index is 4230. The van der Waals surface area contributed by atoms with E-state index in [-0.39, 0.29) is 104 Å². The first-order chi connectivity index (χ1) is 51.6. The lowest BCUT2D eigenvalue weighted by molar-refractivity contribution is 0.0695. The molecule has 33 heteroatoms.